The van der Waals surface area contributed by atoms with Gasteiger partial charge in [0.05, 0.1) is 5.69 Å². The van der Waals surface area contributed by atoms with Crippen LogP contribution in [0.5, 0.6) is 0 Å². The van der Waals surface area contributed by atoms with E-state index in [0.29, 0.717) is 36.0 Å². The highest BCUT2D eigenvalue weighted by molar-refractivity contribution is 6.03. The van der Waals surface area contributed by atoms with Crippen LogP contribution in [0.3, 0.4) is 0 Å². The number of amides is 3. The zero-order chi connectivity index (χ0) is 24.8. The van der Waals surface area contributed by atoms with Crippen molar-refractivity contribution in [2.24, 2.45) is 5.92 Å². The molecule has 188 valence electrons. The standard InChI is InChI=1S/C23H35F2N7O2/c1-12(2)18-20(33)29-17-13(3)26-21(30-19(17)32(18)5)27-14-10-15(11-14)28-22(34)31(4)16-6-8-23(24,25)9-7-16/h12,14-16,18H,6-11H2,1-5H3,(H,28,34)(H,29,33)(H,26,27,30). The minimum atomic E-state index is -2.60. The van der Waals surface area contributed by atoms with Gasteiger partial charge in [-0.25, -0.2) is 18.6 Å². The van der Waals surface area contributed by atoms with Gasteiger partial charge in [-0.1, -0.05) is 13.8 Å². The van der Waals surface area contributed by atoms with E-state index in [2.05, 4.69) is 25.9 Å². The summed E-state index contributed by atoms with van der Waals surface area (Å²) in [5, 5.41) is 9.29. The van der Waals surface area contributed by atoms with Crippen molar-refractivity contribution in [2.45, 2.75) is 89.4 Å². The Balaban J connectivity index is 1.30. The van der Waals surface area contributed by atoms with Gasteiger partial charge < -0.3 is 25.8 Å². The largest absolute Gasteiger partial charge is 0.351 e. The van der Waals surface area contributed by atoms with E-state index >= 15 is 0 Å². The maximum absolute atomic E-state index is 13.4. The smallest absolute Gasteiger partial charge is 0.317 e. The zero-order valence-electron chi connectivity index (χ0n) is 20.5. The molecule has 3 amide bonds. The van der Waals surface area contributed by atoms with Crippen LogP contribution in [-0.4, -0.2) is 71.0 Å². The van der Waals surface area contributed by atoms with Crippen molar-refractivity contribution in [3.8, 4) is 0 Å². The van der Waals surface area contributed by atoms with Gasteiger partial charge in [-0.15, -0.1) is 0 Å². The van der Waals surface area contributed by atoms with Gasteiger partial charge in [0.15, 0.2) is 5.82 Å². The molecule has 9 nitrogen and oxygen atoms in total. The molecule has 1 unspecified atom stereocenters. The normalized spacial score (nSPS) is 26.4. The van der Waals surface area contributed by atoms with Crippen molar-refractivity contribution in [3.05, 3.63) is 5.69 Å². The molecule has 0 bridgehead atoms. The topological polar surface area (TPSA) is 102 Å². The number of hydrogen-bond acceptors (Lipinski definition) is 6. The maximum atomic E-state index is 13.4. The molecule has 0 spiro atoms. The molecule has 0 aromatic carbocycles. The van der Waals surface area contributed by atoms with E-state index in [0.717, 1.165) is 12.8 Å². The molecule has 2 aliphatic carbocycles. The van der Waals surface area contributed by atoms with Gasteiger partial charge in [0, 0.05) is 45.1 Å². The number of carbonyl (C=O) groups is 2. The number of rotatable bonds is 5. The average Bonchev–Trinajstić information content (AvgIpc) is 2.72. The van der Waals surface area contributed by atoms with Crippen LogP contribution < -0.4 is 20.9 Å². The third-order valence-electron chi connectivity index (χ3n) is 7.32. The fraction of sp³-hybridized carbons (Fsp3) is 0.739. The monoisotopic (exact) mass is 479 g/mol. The van der Waals surface area contributed by atoms with Crippen molar-refractivity contribution in [2.75, 3.05) is 29.6 Å². The van der Waals surface area contributed by atoms with E-state index in [9.17, 15) is 18.4 Å². The highest BCUT2D eigenvalue weighted by atomic mass is 19.3. The summed E-state index contributed by atoms with van der Waals surface area (Å²) in [4.78, 5) is 37.7. The first-order valence-electron chi connectivity index (χ1n) is 12.0. The lowest BCUT2D eigenvalue weighted by atomic mass is 9.87. The number of nitrogens with zero attached hydrogens (tertiary/aromatic N) is 4. The minimum Gasteiger partial charge on any atom is -0.351 e. The molecule has 1 atom stereocenters. The maximum Gasteiger partial charge on any atom is 0.317 e. The molecule has 1 aromatic rings. The van der Waals surface area contributed by atoms with Gasteiger partial charge >= 0.3 is 6.03 Å². The van der Waals surface area contributed by atoms with Gasteiger partial charge in [0.2, 0.25) is 17.8 Å². The first-order valence-corrected chi connectivity index (χ1v) is 12.0. The number of aryl methyl sites for hydroxylation is 1. The third-order valence-corrected chi connectivity index (χ3v) is 7.32. The lowest BCUT2D eigenvalue weighted by molar-refractivity contribution is -0.118. The number of aromatic nitrogens is 2. The summed E-state index contributed by atoms with van der Waals surface area (Å²) in [5.41, 5.74) is 1.33. The van der Waals surface area contributed by atoms with Crippen LogP contribution in [0.1, 0.15) is 58.1 Å². The van der Waals surface area contributed by atoms with E-state index < -0.39 is 5.92 Å². The Morgan fingerprint density at radius 3 is 2.47 bits per heavy atom. The second-order valence-electron chi connectivity index (χ2n) is 10.3. The quantitative estimate of drug-likeness (QED) is 0.599. The van der Waals surface area contributed by atoms with Crippen molar-refractivity contribution in [3.63, 3.8) is 0 Å². The second kappa shape index (κ2) is 9.14. The summed E-state index contributed by atoms with van der Waals surface area (Å²) >= 11 is 0. The lowest BCUT2D eigenvalue weighted by Crippen LogP contribution is -2.55. The molecule has 2 saturated carbocycles. The number of hydrogen-bond donors (Lipinski definition) is 3. The number of carbonyl (C=O) groups excluding carboxylic acids is 2. The Morgan fingerprint density at radius 2 is 1.85 bits per heavy atom. The lowest BCUT2D eigenvalue weighted by Gasteiger charge is -2.40. The summed E-state index contributed by atoms with van der Waals surface area (Å²) in [6.45, 7) is 5.85. The van der Waals surface area contributed by atoms with E-state index in [4.69, 9.17) is 0 Å². The first-order chi connectivity index (χ1) is 15.9. The Labute approximate surface area is 199 Å². The number of alkyl halides is 2. The molecule has 2 fully saturated rings. The molecule has 4 rings (SSSR count). The van der Waals surface area contributed by atoms with E-state index in [-0.39, 0.29) is 54.9 Å². The molecule has 3 aliphatic rings. The van der Waals surface area contributed by atoms with E-state index in [1.807, 2.05) is 32.7 Å². The number of likely N-dealkylation sites (N-methyl/N-ethyl adjacent to an activating group) is 1. The van der Waals surface area contributed by atoms with E-state index in [1.54, 1.807) is 11.9 Å². The van der Waals surface area contributed by atoms with Gasteiger partial charge in [-0.05, 0) is 38.5 Å². The first kappa shape index (κ1) is 24.4. The molecule has 0 saturated heterocycles. The van der Waals surface area contributed by atoms with Crippen LogP contribution >= 0.6 is 0 Å². The van der Waals surface area contributed by atoms with Crippen molar-refractivity contribution in [1.29, 1.82) is 0 Å². The minimum absolute atomic E-state index is 0.0171. The molecule has 11 heteroatoms. The number of fused-ring (bicyclic) bond motifs is 1. The molecule has 1 aliphatic heterocycles. The second-order valence-corrected chi connectivity index (χ2v) is 10.3. The Morgan fingerprint density at radius 1 is 1.21 bits per heavy atom. The van der Waals surface area contributed by atoms with Crippen LogP contribution in [-0.2, 0) is 4.79 Å². The molecule has 1 aromatic heterocycles. The molecular weight excluding hydrogens is 444 g/mol. The Hall–Kier alpha value is -2.72. The average molecular weight is 480 g/mol. The van der Waals surface area contributed by atoms with Gasteiger partial charge in [0.1, 0.15) is 11.7 Å². The van der Waals surface area contributed by atoms with Gasteiger partial charge in [-0.2, -0.15) is 4.98 Å². The number of nitrogens with one attached hydrogen (secondary N) is 3. The molecule has 34 heavy (non-hydrogen) atoms. The molecule has 0 radical (unpaired) electrons. The molecular formula is C23H35F2N7O2. The predicted molar refractivity (Wildman–Crippen MR) is 126 cm³/mol. The summed E-state index contributed by atoms with van der Waals surface area (Å²) in [5.74, 6) is -1.34. The van der Waals surface area contributed by atoms with Crippen LogP contribution in [0.4, 0.5) is 31.0 Å². The fourth-order valence-corrected chi connectivity index (χ4v) is 5.17. The third kappa shape index (κ3) is 4.88. The van der Waals surface area contributed by atoms with Crippen LogP contribution in [0.2, 0.25) is 0 Å². The van der Waals surface area contributed by atoms with Crippen LogP contribution in [0, 0.1) is 12.8 Å². The summed E-state index contributed by atoms with van der Waals surface area (Å²) in [6.07, 6.45) is 1.77. The van der Waals surface area contributed by atoms with Gasteiger partial charge in [0.25, 0.3) is 0 Å². The SMILES string of the molecule is Cc1nc(NC2CC(NC(=O)N(C)C3CCC(F)(F)CC3)C2)nc2c1NC(=O)C(C(C)C)N2C. The van der Waals surface area contributed by atoms with Crippen molar-refractivity contribution >= 4 is 29.4 Å². The van der Waals surface area contributed by atoms with Gasteiger partial charge in [-0.3, -0.25) is 4.79 Å². The molecule has 2 heterocycles. The Bertz CT molecular complexity index is 941. The number of halogens is 2. The summed E-state index contributed by atoms with van der Waals surface area (Å²) < 4.78 is 26.8. The zero-order valence-corrected chi connectivity index (χ0v) is 20.5. The van der Waals surface area contributed by atoms with Crippen molar-refractivity contribution < 1.29 is 18.4 Å². The fourth-order valence-electron chi connectivity index (χ4n) is 5.17. The highest BCUT2D eigenvalue weighted by Gasteiger charge is 2.39. The predicted octanol–water partition coefficient (Wildman–Crippen LogP) is 3.36. The van der Waals surface area contributed by atoms with E-state index in [1.165, 1.54) is 0 Å². The number of anilines is 3. The molecule has 3 N–H and O–H groups in total. The summed E-state index contributed by atoms with van der Waals surface area (Å²) in [6, 6.07) is -0.524. The Kier molecular flexibility index (Phi) is 6.56. The summed E-state index contributed by atoms with van der Waals surface area (Å²) in [7, 11) is 3.55. The number of urea groups is 1. The van der Waals surface area contributed by atoms with Crippen LogP contribution in [0.25, 0.3) is 0 Å². The van der Waals surface area contributed by atoms with Crippen LogP contribution in [0.15, 0.2) is 0 Å². The highest BCUT2D eigenvalue weighted by Crippen LogP contribution is 2.36. The van der Waals surface area contributed by atoms with Crippen molar-refractivity contribution in [1.82, 2.24) is 20.2 Å².